The van der Waals surface area contributed by atoms with E-state index in [2.05, 4.69) is 15.4 Å². The molecule has 0 heterocycles. The molecule has 2 N–H and O–H groups in total. The Balaban J connectivity index is 3.59. The molecule has 0 fully saturated rings. The Labute approximate surface area is 94.7 Å². The molecule has 0 atom stereocenters. The molecule has 0 spiro atoms. The molecule has 6 heteroatoms. The summed E-state index contributed by atoms with van der Waals surface area (Å²) >= 11 is 0. The minimum absolute atomic E-state index is 0.0368. The van der Waals surface area contributed by atoms with Gasteiger partial charge in [-0.3, -0.25) is 14.4 Å². The van der Waals surface area contributed by atoms with Gasteiger partial charge in [-0.25, -0.2) is 0 Å². The first-order valence-corrected chi connectivity index (χ1v) is 5.29. The molecule has 16 heavy (non-hydrogen) atoms. The third-order valence-electron chi connectivity index (χ3n) is 1.68. The number of nitrogens with one attached hydrogen (secondary N) is 2. The van der Waals surface area contributed by atoms with E-state index in [-0.39, 0.29) is 31.2 Å². The number of likely N-dealkylation sites (N-methyl/N-ethyl adjacent to an activating group) is 1. The topological polar surface area (TPSA) is 84.5 Å². The number of amides is 2. The van der Waals surface area contributed by atoms with E-state index in [1.54, 1.807) is 13.8 Å². The molecule has 0 radical (unpaired) electrons. The Bertz CT molecular complexity index is 229. The lowest BCUT2D eigenvalue weighted by molar-refractivity contribution is -0.144. The Morgan fingerprint density at radius 2 is 1.69 bits per heavy atom. The molecule has 92 valence electrons. The Morgan fingerprint density at radius 3 is 2.25 bits per heavy atom. The molecule has 0 aliphatic rings. The van der Waals surface area contributed by atoms with Gasteiger partial charge in [0.1, 0.15) is 0 Å². The first-order chi connectivity index (χ1) is 7.60. The summed E-state index contributed by atoms with van der Waals surface area (Å²) in [7, 11) is 0. The summed E-state index contributed by atoms with van der Waals surface area (Å²) in [6, 6.07) is 0. The van der Waals surface area contributed by atoms with E-state index in [9.17, 15) is 14.4 Å². The van der Waals surface area contributed by atoms with E-state index in [0.717, 1.165) is 0 Å². The van der Waals surface area contributed by atoms with Gasteiger partial charge in [-0.1, -0.05) is 0 Å². The minimum Gasteiger partial charge on any atom is -0.466 e. The molecule has 0 aromatic heterocycles. The number of carbonyl (C=O) groups excluding carboxylic acids is 3. The van der Waals surface area contributed by atoms with E-state index < -0.39 is 5.97 Å². The van der Waals surface area contributed by atoms with Crippen molar-refractivity contribution in [1.82, 2.24) is 10.6 Å². The number of hydrogen-bond donors (Lipinski definition) is 2. The molecule has 0 saturated carbocycles. The average Bonchev–Trinajstić information content (AvgIpc) is 2.24. The summed E-state index contributed by atoms with van der Waals surface area (Å²) < 4.78 is 4.66. The standard InChI is InChI=1S/C10H18N2O4/c1-3-11-9(14)7-12-8(13)5-6-10(15)16-4-2/h3-7H2,1-2H3,(H,11,14)(H,12,13). The highest BCUT2D eigenvalue weighted by atomic mass is 16.5. The Morgan fingerprint density at radius 1 is 1.00 bits per heavy atom. The van der Waals surface area contributed by atoms with Crippen LogP contribution >= 0.6 is 0 Å². The molecule has 2 amide bonds. The summed E-state index contributed by atoms with van der Waals surface area (Å²) in [4.78, 5) is 33.0. The van der Waals surface area contributed by atoms with Crippen LogP contribution in [0.1, 0.15) is 26.7 Å². The maximum absolute atomic E-state index is 11.2. The van der Waals surface area contributed by atoms with Crippen LogP contribution in [0, 0.1) is 0 Å². The van der Waals surface area contributed by atoms with Gasteiger partial charge in [-0.05, 0) is 13.8 Å². The van der Waals surface area contributed by atoms with Gasteiger partial charge in [0.2, 0.25) is 11.8 Å². The zero-order valence-corrected chi connectivity index (χ0v) is 9.67. The highest BCUT2D eigenvalue weighted by Gasteiger charge is 2.08. The first-order valence-electron chi connectivity index (χ1n) is 5.29. The zero-order valence-electron chi connectivity index (χ0n) is 9.67. The summed E-state index contributed by atoms with van der Waals surface area (Å²) in [5.41, 5.74) is 0. The van der Waals surface area contributed by atoms with E-state index >= 15 is 0 Å². The fraction of sp³-hybridized carbons (Fsp3) is 0.700. The van der Waals surface area contributed by atoms with Crippen LogP contribution in [0.25, 0.3) is 0 Å². The van der Waals surface area contributed by atoms with Crippen LogP contribution in [0.15, 0.2) is 0 Å². The molecule has 6 nitrogen and oxygen atoms in total. The quantitative estimate of drug-likeness (QED) is 0.582. The second-order valence-corrected chi connectivity index (χ2v) is 3.04. The second-order valence-electron chi connectivity index (χ2n) is 3.04. The second kappa shape index (κ2) is 8.70. The van der Waals surface area contributed by atoms with Crippen LogP contribution < -0.4 is 10.6 Å². The van der Waals surface area contributed by atoms with Gasteiger partial charge >= 0.3 is 5.97 Å². The summed E-state index contributed by atoms with van der Waals surface area (Å²) in [6.07, 6.45) is 0.0767. The maximum Gasteiger partial charge on any atom is 0.306 e. The molecule has 0 aromatic rings. The molecule has 0 aliphatic heterocycles. The number of hydrogen-bond acceptors (Lipinski definition) is 4. The summed E-state index contributed by atoms with van der Waals surface area (Å²) in [6.45, 7) is 4.26. The van der Waals surface area contributed by atoms with Crippen molar-refractivity contribution in [3.63, 3.8) is 0 Å². The average molecular weight is 230 g/mol. The normalized spacial score (nSPS) is 9.38. The number of rotatable bonds is 7. The van der Waals surface area contributed by atoms with Crippen molar-refractivity contribution in [2.75, 3.05) is 19.7 Å². The van der Waals surface area contributed by atoms with Crippen molar-refractivity contribution in [1.29, 1.82) is 0 Å². The lowest BCUT2D eigenvalue weighted by Crippen LogP contribution is -2.36. The van der Waals surface area contributed by atoms with E-state index in [1.807, 2.05) is 0 Å². The van der Waals surface area contributed by atoms with Crippen LogP contribution in [0.5, 0.6) is 0 Å². The summed E-state index contributed by atoms with van der Waals surface area (Å²) in [5, 5.41) is 4.95. The maximum atomic E-state index is 11.2. The molecule has 0 saturated heterocycles. The van der Waals surface area contributed by atoms with Gasteiger partial charge in [0, 0.05) is 13.0 Å². The molecule has 0 bridgehead atoms. The third kappa shape index (κ3) is 7.78. The lowest BCUT2D eigenvalue weighted by atomic mass is 10.3. The van der Waals surface area contributed by atoms with Crippen molar-refractivity contribution in [3.8, 4) is 0 Å². The fourth-order valence-corrected chi connectivity index (χ4v) is 0.976. The molecule has 0 aromatic carbocycles. The van der Waals surface area contributed by atoms with E-state index in [4.69, 9.17) is 0 Å². The van der Waals surface area contributed by atoms with Gasteiger partial charge in [0.25, 0.3) is 0 Å². The smallest absolute Gasteiger partial charge is 0.306 e. The van der Waals surface area contributed by atoms with Gasteiger partial charge in [-0.2, -0.15) is 0 Å². The van der Waals surface area contributed by atoms with Crippen molar-refractivity contribution in [3.05, 3.63) is 0 Å². The van der Waals surface area contributed by atoms with E-state index in [0.29, 0.717) is 13.2 Å². The van der Waals surface area contributed by atoms with Crippen LogP contribution in [-0.2, 0) is 19.1 Å². The highest BCUT2D eigenvalue weighted by Crippen LogP contribution is 1.92. The number of esters is 1. The van der Waals surface area contributed by atoms with Crippen molar-refractivity contribution in [2.45, 2.75) is 26.7 Å². The molecule has 0 unspecified atom stereocenters. The van der Waals surface area contributed by atoms with E-state index in [1.165, 1.54) is 0 Å². The zero-order chi connectivity index (χ0) is 12.4. The molecular formula is C10H18N2O4. The summed E-state index contributed by atoms with van der Waals surface area (Å²) in [5.74, 6) is -0.984. The SMILES string of the molecule is CCNC(=O)CNC(=O)CCC(=O)OCC. The first kappa shape index (κ1) is 14.4. The number of carbonyl (C=O) groups is 3. The van der Waals surface area contributed by atoms with Gasteiger partial charge < -0.3 is 15.4 Å². The molecular weight excluding hydrogens is 212 g/mol. The Hall–Kier alpha value is -1.59. The largest absolute Gasteiger partial charge is 0.466 e. The van der Waals surface area contributed by atoms with Crippen LogP contribution in [0.3, 0.4) is 0 Å². The van der Waals surface area contributed by atoms with Gasteiger partial charge in [0.15, 0.2) is 0 Å². The van der Waals surface area contributed by atoms with Crippen LogP contribution in [0.4, 0.5) is 0 Å². The van der Waals surface area contributed by atoms with Crippen molar-refractivity contribution >= 4 is 17.8 Å². The predicted molar refractivity (Wildman–Crippen MR) is 57.6 cm³/mol. The minimum atomic E-state index is -0.407. The van der Waals surface area contributed by atoms with Gasteiger partial charge in [0.05, 0.1) is 19.6 Å². The monoisotopic (exact) mass is 230 g/mol. The van der Waals surface area contributed by atoms with Crippen LogP contribution in [0.2, 0.25) is 0 Å². The highest BCUT2D eigenvalue weighted by molar-refractivity contribution is 5.86. The lowest BCUT2D eigenvalue weighted by Gasteiger charge is -2.05. The van der Waals surface area contributed by atoms with Crippen LogP contribution in [-0.4, -0.2) is 37.5 Å². The predicted octanol–water partition coefficient (Wildman–Crippen LogP) is -0.418. The van der Waals surface area contributed by atoms with Crippen molar-refractivity contribution in [2.24, 2.45) is 0 Å². The molecule has 0 aliphatic carbocycles. The Kier molecular flexibility index (Phi) is 7.83. The van der Waals surface area contributed by atoms with Crippen molar-refractivity contribution < 1.29 is 19.1 Å². The van der Waals surface area contributed by atoms with Gasteiger partial charge in [-0.15, -0.1) is 0 Å². The number of ether oxygens (including phenoxy) is 1. The fourth-order valence-electron chi connectivity index (χ4n) is 0.976. The third-order valence-corrected chi connectivity index (χ3v) is 1.68. The molecule has 0 rings (SSSR count).